The number of phenols is 2. The van der Waals surface area contributed by atoms with Crippen molar-refractivity contribution in [2.75, 3.05) is 0 Å². The van der Waals surface area contributed by atoms with Gasteiger partial charge in [0.05, 0.1) is 0 Å². The predicted octanol–water partition coefficient (Wildman–Crippen LogP) is 2.44. The summed E-state index contributed by atoms with van der Waals surface area (Å²) in [5, 5.41) is 18.2. The lowest BCUT2D eigenvalue weighted by Gasteiger charge is -2.14. The molecular formula is C10H12F3NO2. The van der Waals surface area contributed by atoms with Crippen molar-refractivity contribution in [1.29, 1.82) is 0 Å². The second-order valence-corrected chi connectivity index (χ2v) is 3.51. The Labute approximate surface area is 90.3 Å². The Hall–Kier alpha value is -1.43. The molecule has 1 rings (SSSR count). The van der Waals surface area contributed by atoms with Crippen LogP contribution in [0.25, 0.3) is 0 Å². The molecule has 0 spiro atoms. The highest BCUT2D eigenvalue weighted by molar-refractivity contribution is 5.41. The molecule has 0 amide bonds. The van der Waals surface area contributed by atoms with Crippen LogP contribution in [0.1, 0.15) is 24.4 Å². The Morgan fingerprint density at radius 2 is 1.81 bits per heavy atom. The molecule has 0 bridgehead atoms. The monoisotopic (exact) mass is 235 g/mol. The summed E-state index contributed by atoms with van der Waals surface area (Å²) in [6.45, 7) is 0. The van der Waals surface area contributed by atoms with Crippen LogP contribution >= 0.6 is 0 Å². The van der Waals surface area contributed by atoms with E-state index in [4.69, 9.17) is 15.9 Å². The third-order valence-electron chi connectivity index (χ3n) is 2.17. The van der Waals surface area contributed by atoms with E-state index in [1.165, 1.54) is 12.1 Å². The third kappa shape index (κ3) is 3.62. The highest BCUT2D eigenvalue weighted by Gasteiger charge is 2.27. The highest BCUT2D eigenvalue weighted by atomic mass is 19.4. The van der Waals surface area contributed by atoms with Gasteiger partial charge in [0.2, 0.25) is 0 Å². The van der Waals surface area contributed by atoms with E-state index >= 15 is 0 Å². The summed E-state index contributed by atoms with van der Waals surface area (Å²) >= 11 is 0. The molecule has 0 aliphatic rings. The molecule has 0 unspecified atom stereocenters. The number of nitrogens with two attached hydrogens (primary N) is 1. The van der Waals surface area contributed by atoms with E-state index in [0.717, 1.165) is 6.07 Å². The van der Waals surface area contributed by atoms with Crippen molar-refractivity contribution >= 4 is 0 Å². The third-order valence-corrected chi connectivity index (χ3v) is 2.17. The Kier molecular flexibility index (Phi) is 3.64. The van der Waals surface area contributed by atoms with Gasteiger partial charge in [-0.25, -0.2) is 0 Å². The molecule has 4 N–H and O–H groups in total. The van der Waals surface area contributed by atoms with Crippen molar-refractivity contribution < 1.29 is 23.4 Å². The maximum absolute atomic E-state index is 11.9. The van der Waals surface area contributed by atoms with Crippen molar-refractivity contribution in [3.63, 3.8) is 0 Å². The Balaban J connectivity index is 2.66. The van der Waals surface area contributed by atoms with Crippen molar-refractivity contribution in [2.24, 2.45) is 5.73 Å². The molecule has 0 heterocycles. The number of rotatable bonds is 3. The number of aromatic hydroxyl groups is 2. The largest absolute Gasteiger partial charge is 0.504 e. The molecule has 0 saturated heterocycles. The summed E-state index contributed by atoms with van der Waals surface area (Å²) in [6.07, 6.45) is -5.47. The van der Waals surface area contributed by atoms with Crippen LogP contribution in [0, 0.1) is 0 Å². The maximum atomic E-state index is 11.9. The topological polar surface area (TPSA) is 66.5 Å². The zero-order valence-electron chi connectivity index (χ0n) is 8.33. The van der Waals surface area contributed by atoms with Crippen LogP contribution in [0.2, 0.25) is 0 Å². The van der Waals surface area contributed by atoms with Gasteiger partial charge in [-0.2, -0.15) is 13.2 Å². The summed E-state index contributed by atoms with van der Waals surface area (Å²) in [4.78, 5) is 0. The summed E-state index contributed by atoms with van der Waals surface area (Å²) in [5.74, 6) is -0.716. The molecule has 1 atom stereocenters. The highest BCUT2D eigenvalue weighted by Crippen LogP contribution is 2.30. The predicted molar refractivity (Wildman–Crippen MR) is 52.0 cm³/mol. The molecule has 0 aromatic heterocycles. The number of benzene rings is 1. The minimum atomic E-state index is -4.24. The first-order valence-corrected chi connectivity index (χ1v) is 4.64. The van der Waals surface area contributed by atoms with Gasteiger partial charge in [0.1, 0.15) is 0 Å². The van der Waals surface area contributed by atoms with Gasteiger partial charge >= 0.3 is 6.18 Å². The van der Waals surface area contributed by atoms with Gasteiger partial charge in [-0.3, -0.25) is 0 Å². The molecule has 0 radical (unpaired) electrons. The van der Waals surface area contributed by atoms with Crippen molar-refractivity contribution in [3.05, 3.63) is 23.8 Å². The van der Waals surface area contributed by atoms with Gasteiger partial charge < -0.3 is 15.9 Å². The van der Waals surface area contributed by atoms with Crippen LogP contribution in [-0.2, 0) is 0 Å². The Bertz CT molecular complexity index is 366. The molecule has 0 fully saturated rings. The molecule has 6 heteroatoms. The molecule has 3 nitrogen and oxygen atoms in total. The fourth-order valence-electron chi connectivity index (χ4n) is 1.26. The Morgan fingerprint density at radius 1 is 1.19 bits per heavy atom. The van der Waals surface area contributed by atoms with Gasteiger partial charge in [0.25, 0.3) is 0 Å². The molecule has 0 saturated carbocycles. The number of halogens is 3. The van der Waals surface area contributed by atoms with Gasteiger partial charge in [0.15, 0.2) is 11.5 Å². The van der Waals surface area contributed by atoms with Gasteiger partial charge in [-0.15, -0.1) is 0 Å². The van der Waals surface area contributed by atoms with E-state index in [2.05, 4.69) is 0 Å². The second-order valence-electron chi connectivity index (χ2n) is 3.51. The van der Waals surface area contributed by atoms with E-state index in [-0.39, 0.29) is 17.9 Å². The molecule has 90 valence electrons. The Morgan fingerprint density at radius 3 is 2.31 bits per heavy atom. The minimum absolute atomic E-state index is 0.256. The first kappa shape index (κ1) is 12.6. The number of hydrogen-bond acceptors (Lipinski definition) is 3. The molecular weight excluding hydrogens is 223 g/mol. The van der Waals surface area contributed by atoms with E-state index in [9.17, 15) is 13.2 Å². The van der Waals surface area contributed by atoms with Crippen LogP contribution in [0.5, 0.6) is 11.5 Å². The lowest BCUT2D eigenvalue weighted by molar-refractivity contribution is -0.136. The molecule has 0 aliphatic carbocycles. The minimum Gasteiger partial charge on any atom is -0.504 e. The van der Waals surface area contributed by atoms with Crippen LogP contribution in [-0.4, -0.2) is 16.4 Å². The first-order valence-electron chi connectivity index (χ1n) is 4.64. The lowest BCUT2D eigenvalue weighted by Crippen LogP contribution is -2.15. The smallest absolute Gasteiger partial charge is 0.389 e. The molecule has 1 aromatic carbocycles. The van der Waals surface area contributed by atoms with Crippen molar-refractivity contribution in [3.8, 4) is 11.5 Å². The molecule has 1 aromatic rings. The fraction of sp³-hybridized carbons (Fsp3) is 0.400. The summed E-state index contributed by atoms with van der Waals surface area (Å²) < 4.78 is 35.8. The lowest BCUT2D eigenvalue weighted by atomic mass is 10.0. The van der Waals surface area contributed by atoms with Crippen molar-refractivity contribution in [1.82, 2.24) is 0 Å². The van der Waals surface area contributed by atoms with Gasteiger partial charge in [-0.1, -0.05) is 6.07 Å². The zero-order valence-corrected chi connectivity index (χ0v) is 8.33. The molecule has 16 heavy (non-hydrogen) atoms. The number of hydrogen-bond donors (Lipinski definition) is 3. The van der Waals surface area contributed by atoms with E-state index in [1.54, 1.807) is 0 Å². The average molecular weight is 235 g/mol. The van der Waals surface area contributed by atoms with Gasteiger partial charge in [-0.05, 0) is 24.1 Å². The van der Waals surface area contributed by atoms with Crippen molar-refractivity contribution in [2.45, 2.75) is 25.1 Å². The number of phenolic OH excluding ortho intramolecular Hbond substituents is 2. The second kappa shape index (κ2) is 4.61. The SMILES string of the molecule is N[C@@H](CCC(F)(F)F)c1ccc(O)c(O)c1. The zero-order chi connectivity index (χ0) is 12.3. The summed E-state index contributed by atoms with van der Waals surface area (Å²) in [7, 11) is 0. The maximum Gasteiger partial charge on any atom is 0.389 e. The fourth-order valence-corrected chi connectivity index (χ4v) is 1.26. The van der Waals surface area contributed by atoms with Crippen LogP contribution in [0.3, 0.4) is 0 Å². The summed E-state index contributed by atoms with van der Waals surface area (Å²) in [5.41, 5.74) is 5.89. The van der Waals surface area contributed by atoms with Crippen LogP contribution < -0.4 is 5.73 Å². The summed E-state index contributed by atoms with van der Waals surface area (Å²) in [6, 6.07) is 2.93. The van der Waals surface area contributed by atoms with E-state index in [1.807, 2.05) is 0 Å². The van der Waals surface area contributed by atoms with Gasteiger partial charge in [0, 0.05) is 12.5 Å². The van der Waals surface area contributed by atoms with E-state index in [0.29, 0.717) is 5.56 Å². The number of alkyl halides is 3. The first-order chi connectivity index (χ1) is 7.29. The van der Waals surface area contributed by atoms with E-state index < -0.39 is 18.6 Å². The standard InChI is InChI=1S/C10H12F3NO2/c11-10(12,13)4-3-7(14)6-1-2-8(15)9(16)5-6/h1-2,5,7,15-16H,3-4,14H2/t7-/m0/s1. The quantitative estimate of drug-likeness (QED) is 0.705. The normalized spacial score (nSPS) is 13.8. The van der Waals surface area contributed by atoms with Crippen LogP contribution in [0.15, 0.2) is 18.2 Å². The molecule has 0 aliphatic heterocycles. The average Bonchev–Trinajstić information content (AvgIpc) is 2.17. The van der Waals surface area contributed by atoms with Crippen LogP contribution in [0.4, 0.5) is 13.2 Å².